The summed E-state index contributed by atoms with van der Waals surface area (Å²) in [5, 5.41) is 3.53. The van der Waals surface area contributed by atoms with E-state index in [1.165, 1.54) is 45.2 Å². The first kappa shape index (κ1) is 10.0. The van der Waals surface area contributed by atoms with Gasteiger partial charge in [-0.15, -0.1) is 0 Å². The van der Waals surface area contributed by atoms with Crippen LogP contribution < -0.4 is 5.32 Å². The SMILES string of the molecule is CCCCNCC1CC(CC)C1. The Bertz CT molecular complexity index is 106. The van der Waals surface area contributed by atoms with Crippen molar-refractivity contribution >= 4 is 0 Å². The zero-order valence-electron chi connectivity index (χ0n) is 8.60. The van der Waals surface area contributed by atoms with Crippen molar-refractivity contribution in [3.05, 3.63) is 0 Å². The van der Waals surface area contributed by atoms with Crippen molar-refractivity contribution in [2.75, 3.05) is 13.1 Å². The van der Waals surface area contributed by atoms with E-state index in [4.69, 9.17) is 0 Å². The molecule has 0 bridgehead atoms. The van der Waals surface area contributed by atoms with Crippen molar-refractivity contribution in [3.63, 3.8) is 0 Å². The van der Waals surface area contributed by atoms with Crippen molar-refractivity contribution in [1.29, 1.82) is 0 Å². The largest absolute Gasteiger partial charge is 0.316 e. The van der Waals surface area contributed by atoms with Gasteiger partial charge in [0.1, 0.15) is 0 Å². The predicted octanol–water partition coefficient (Wildman–Crippen LogP) is 2.81. The average Bonchev–Trinajstić information content (AvgIpc) is 2.01. The first-order valence-electron chi connectivity index (χ1n) is 5.57. The highest BCUT2D eigenvalue weighted by Crippen LogP contribution is 2.35. The number of hydrogen-bond acceptors (Lipinski definition) is 1. The molecule has 0 spiro atoms. The first-order valence-corrected chi connectivity index (χ1v) is 5.57. The van der Waals surface area contributed by atoms with Gasteiger partial charge >= 0.3 is 0 Å². The Kier molecular flexibility index (Phi) is 4.67. The molecule has 0 aromatic rings. The molecule has 1 aliphatic carbocycles. The van der Waals surface area contributed by atoms with Crippen LogP contribution >= 0.6 is 0 Å². The normalized spacial score (nSPS) is 28.5. The molecule has 1 rings (SSSR count). The fourth-order valence-corrected chi connectivity index (χ4v) is 1.98. The molecule has 0 amide bonds. The molecular weight excluding hydrogens is 146 g/mol. The number of rotatable bonds is 6. The van der Waals surface area contributed by atoms with Crippen LogP contribution in [0, 0.1) is 11.8 Å². The Hall–Kier alpha value is -0.0400. The van der Waals surface area contributed by atoms with Gasteiger partial charge in [-0.1, -0.05) is 26.7 Å². The van der Waals surface area contributed by atoms with Gasteiger partial charge in [-0.05, 0) is 44.2 Å². The maximum atomic E-state index is 3.53. The highest BCUT2D eigenvalue weighted by molar-refractivity contribution is 4.79. The van der Waals surface area contributed by atoms with Crippen molar-refractivity contribution in [2.45, 2.75) is 46.0 Å². The van der Waals surface area contributed by atoms with Crippen LogP contribution in [0.25, 0.3) is 0 Å². The zero-order valence-corrected chi connectivity index (χ0v) is 8.60. The van der Waals surface area contributed by atoms with Crippen LogP contribution in [0.1, 0.15) is 46.0 Å². The first-order chi connectivity index (χ1) is 5.86. The summed E-state index contributed by atoms with van der Waals surface area (Å²) in [6, 6.07) is 0. The Morgan fingerprint density at radius 1 is 1.17 bits per heavy atom. The molecule has 72 valence electrons. The quantitative estimate of drug-likeness (QED) is 0.603. The molecular formula is C11H23N. The molecule has 1 nitrogen and oxygen atoms in total. The fourth-order valence-electron chi connectivity index (χ4n) is 1.98. The zero-order chi connectivity index (χ0) is 8.81. The molecule has 0 saturated heterocycles. The van der Waals surface area contributed by atoms with E-state index in [1.807, 2.05) is 0 Å². The lowest BCUT2D eigenvalue weighted by atomic mass is 9.73. The smallest absolute Gasteiger partial charge is 0.00203 e. The maximum Gasteiger partial charge on any atom is -0.00203 e. The van der Waals surface area contributed by atoms with E-state index in [-0.39, 0.29) is 0 Å². The Morgan fingerprint density at radius 2 is 1.92 bits per heavy atom. The summed E-state index contributed by atoms with van der Waals surface area (Å²) in [5.74, 6) is 2.06. The second-order valence-electron chi connectivity index (χ2n) is 4.17. The van der Waals surface area contributed by atoms with Crippen molar-refractivity contribution in [3.8, 4) is 0 Å². The third kappa shape index (κ3) is 3.14. The second kappa shape index (κ2) is 5.58. The molecule has 1 heteroatoms. The van der Waals surface area contributed by atoms with Gasteiger partial charge in [0.15, 0.2) is 0 Å². The van der Waals surface area contributed by atoms with Crippen molar-refractivity contribution in [2.24, 2.45) is 11.8 Å². The summed E-state index contributed by atoms with van der Waals surface area (Å²) in [4.78, 5) is 0. The minimum absolute atomic E-state index is 1.01. The Balaban J connectivity index is 1.83. The highest BCUT2D eigenvalue weighted by atomic mass is 14.9. The van der Waals surface area contributed by atoms with Gasteiger partial charge in [0, 0.05) is 0 Å². The summed E-state index contributed by atoms with van der Waals surface area (Å²) in [5.41, 5.74) is 0. The summed E-state index contributed by atoms with van der Waals surface area (Å²) in [7, 11) is 0. The summed E-state index contributed by atoms with van der Waals surface area (Å²) in [6.45, 7) is 7.06. The van der Waals surface area contributed by atoms with Crippen LogP contribution in [0.3, 0.4) is 0 Å². The van der Waals surface area contributed by atoms with Crippen LogP contribution in [-0.2, 0) is 0 Å². The van der Waals surface area contributed by atoms with E-state index in [2.05, 4.69) is 19.2 Å². The molecule has 0 heterocycles. The minimum atomic E-state index is 1.01. The molecule has 0 unspecified atom stereocenters. The molecule has 0 aromatic carbocycles. The summed E-state index contributed by atoms with van der Waals surface area (Å²) in [6.07, 6.45) is 7.01. The van der Waals surface area contributed by atoms with E-state index >= 15 is 0 Å². The van der Waals surface area contributed by atoms with Crippen LogP contribution in [0.2, 0.25) is 0 Å². The Labute approximate surface area is 76.9 Å². The third-order valence-corrected chi connectivity index (χ3v) is 3.05. The third-order valence-electron chi connectivity index (χ3n) is 3.05. The van der Waals surface area contributed by atoms with Crippen molar-refractivity contribution in [1.82, 2.24) is 5.32 Å². The highest BCUT2D eigenvalue weighted by Gasteiger charge is 2.26. The monoisotopic (exact) mass is 169 g/mol. The second-order valence-corrected chi connectivity index (χ2v) is 4.17. The molecule has 0 radical (unpaired) electrons. The van der Waals surface area contributed by atoms with Crippen LogP contribution in [0.4, 0.5) is 0 Å². The molecule has 1 N–H and O–H groups in total. The topological polar surface area (TPSA) is 12.0 Å². The van der Waals surface area contributed by atoms with Crippen LogP contribution in [0.5, 0.6) is 0 Å². The lowest BCUT2D eigenvalue weighted by Gasteiger charge is -2.34. The molecule has 0 aromatic heterocycles. The number of hydrogen-bond donors (Lipinski definition) is 1. The summed E-state index contributed by atoms with van der Waals surface area (Å²) < 4.78 is 0. The number of nitrogens with one attached hydrogen (secondary N) is 1. The lowest BCUT2D eigenvalue weighted by Crippen LogP contribution is -2.33. The average molecular weight is 169 g/mol. The standard InChI is InChI=1S/C11H23N/c1-3-5-6-12-9-11-7-10(4-2)8-11/h10-12H,3-9H2,1-2H3. The van der Waals surface area contributed by atoms with Gasteiger partial charge < -0.3 is 5.32 Å². The van der Waals surface area contributed by atoms with Gasteiger partial charge in [-0.3, -0.25) is 0 Å². The summed E-state index contributed by atoms with van der Waals surface area (Å²) >= 11 is 0. The van der Waals surface area contributed by atoms with Crippen molar-refractivity contribution < 1.29 is 0 Å². The van der Waals surface area contributed by atoms with E-state index in [0.29, 0.717) is 0 Å². The molecule has 12 heavy (non-hydrogen) atoms. The van der Waals surface area contributed by atoms with E-state index in [9.17, 15) is 0 Å². The van der Waals surface area contributed by atoms with Gasteiger partial charge in [-0.2, -0.15) is 0 Å². The van der Waals surface area contributed by atoms with Gasteiger partial charge in [0.25, 0.3) is 0 Å². The molecule has 1 fully saturated rings. The van der Waals surface area contributed by atoms with Gasteiger partial charge in [-0.25, -0.2) is 0 Å². The molecule has 0 aliphatic heterocycles. The Morgan fingerprint density at radius 3 is 2.50 bits per heavy atom. The molecule has 0 atom stereocenters. The van der Waals surface area contributed by atoms with E-state index in [1.54, 1.807) is 0 Å². The van der Waals surface area contributed by atoms with Crippen LogP contribution in [0.15, 0.2) is 0 Å². The maximum absolute atomic E-state index is 3.53. The number of unbranched alkanes of at least 4 members (excludes halogenated alkanes) is 1. The van der Waals surface area contributed by atoms with E-state index in [0.717, 1.165) is 11.8 Å². The van der Waals surface area contributed by atoms with Crippen LogP contribution in [-0.4, -0.2) is 13.1 Å². The fraction of sp³-hybridized carbons (Fsp3) is 1.00. The van der Waals surface area contributed by atoms with Gasteiger partial charge in [0.05, 0.1) is 0 Å². The minimum Gasteiger partial charge on any atom is -0.316 e. The lowest BCUT2D eigenvalue weighted by molar-refractivity contribution is 0.183. The van der Waals surface area contributed by atoms with E-state index < -0.39 is 0 Å². The van der Waals surface area contributed by atoms with Gasteiger partial charge in [0.2, 0.25) is 0 Å². The molecule has 1 aliphatic rings. The predicted molar refractivity (Wildman–Crippen MR) is 54.3 cm³/mol. The molecule has 1 saturated carbocycles.